The Morgan fingerprint density at radius 2 is 2.10 bits per heavy atom. The monoisotopic (exact) mass is 286 g/mol. The molecule has 0 aliphatic heterocycles. The molecule has 1 N–H and O–H groups in total. The molecule has 0 amide bonds. The number of rotatable bonds is 6. The maximum absolute atomic E-state index is 8.96. The highest BCUT2D eigenvalue weighted by Crippen LogP contribution is 2.32. The van der Waals surface area contributed by atoms with Gasteiger partial charge in [0.05, 0.1) is 10.6 Å². The zero-order valence-corrected chi connectivity index (χ0v) is 12.6. The van der Waals surface area contributed by atoms with Crippen molar-refractivity contribution < 1.29 is 0 Å². The van der Waals surface area contributed by atoms with E-state index in [1.165, 1.54) is 11.3 Å². The Hall–Kier alpha value is -1.93. The molecule has 0 bridgehead atoms. The van der Waals surface area contributed by atoms with Gasteiger partial charge in [0, 0.05) is 12.1 Å². The average molecular weight is 286 g/mol. The van der Waals surface area contributed by atoms with Gasteiger partial charge >= 0.3 is 0 Å². The maximum Gasteiger partial charge on any atom is 0.133 e. The fourth-order valence-corrected chi connectivity index (χ4v) is 2.86. The van der Waals surface area contributed by atoms with Crippen LogP contribution in [-0.2, 0) is 6.42 Å². The minimum atomic E-state index is 0.712. The van der Waals surface area contributed by atoms with Crippen molar-refractivity contribution in [3.63, 3.8) is 0 Å². The molecular formula is C15H18N4S. The van der Waals surface area contributed by atoms with Crippen LogP contribution in [-0.4, -0.2) is 16.5 Å². The van der Waals surface area contributed by atoms with E-state index in [1.807, 2.05) is 12.1 Å². The number of nitriles is 1. The Labute approximate surface area is 123 Å². The van der Waals surface area contributed by atoms with E-state index >= 15 is 0 Å². The molecule has 5 heteroatoms. The van der Waals surface area contributed by atoms with Crippen LogP contribution in [0.15, 0.2) is 18.5 Å². The van der Waals surface area contributed by atoms with Crippen molar-refractivity contribution in [2.24, 2.45) is 0 Å². The van der Waals surface area contributed by atoms with Gasteiger partial charge in [0.2, 0.25) is 0 Å². The molecule has 0 aliphatic rings. The first-order valence-electron chi connectivity index (χ1n) is 6.88. The number of nitrogens with one attached hydrogen (secondary N) is 1. The fraction of sp³-hybridized carbons (Fsp3) is 0.400. The summed E-state index contributed by atoms with van der Waals surface area (Å²) in [5, 5.41) is 12.3. The highest BCUT2D eigenvalue weighted by atomic mass is 32.1. The van der Waals surface area contributed by atoms with E-state index in [2.05, 4.69) is 35.2 Å². The highest BCUT2D eigenvalue weighted by molar-refractivity contribution is 7.16. The van der Waals surface area contributed by atoms with E-state index in [-0.39, 0.29) is 0 Å². The van der Waals surface area contributed by atoms with Crippen LogP contribution in [0.25, 0.3) is 10.6 Å². The molecule has 2 aromatic rings. The summed E-state index contributed by atoms with van der Waals surface area (Å²) in [4.78, 5) is 10.5. The number of nitrogens with zero attached hydrogens (tertiary/aromatic N) is 3. The van der Waals surface area contributed by atoms with Crippen molar-refractivity contribution in [1.29, 1.82) is 5.26 Å². The summed E-state index contributed by atoms with van der Waals surface area (Å²) in [6.07, 6.45) is 4.63. The van der Waals surface area contributed by atoms with Gasteiger partial charge in [-0.1, -0.05) is 20.3 Å². The maximum atomic E-state index is 8.96. The molecular weight excluding hydrogens is 268 g/mol. The highest BCUT2D eigenvalue weighted by Gasteiger charge is 2.14. The Bertz CT molecular complexity index is 613. The first-order chi connectivity index (χ1) is 9.80. The van der Waals surface area contributed by atoms with Crippen molar-refractivity contribution in [2.75, 3.05) is 11.9 Å². The Morgan fingerprint density at radius 1 is 1.25 bits per heavy atom. The molecule has 0 saturated heterocycles. The van der Waals surface area contributed by atoms with Crippen molar-refractivity contribution in [3.8, 4) is 16.6 Å². The molecule has 20 heavy (non-hydrogen) atoms. The molecule has 4 nitrogen and oxygen atoms in total. The van der Waals surface area contributed by atoms with Crippen molar-refractivity contribution in [2.45, 2.75) is 33.1 Å². The Balaban J connectivity index is 2.43. The second-order valence-electron chi connectivity index (χ2n) is 4.50. The molecule has 104 valence electrons. The minimum absolute atomic E-state index is 0.712. The molecule has 0 fully saturated rings. The van der Waals surface area contributed by atoms with Crippen molar-refractivity contribution in [3.05, 3.63) is 28.9 Å². The van der Waals surface area contributed by atoms with Crippen LogP contribution in [0.3, 0.4) is 0 Å². The molecule has 2 heterocycles. The minimum Gasteiger partial charge on any atom is -0.370 e. The molecule has 0 atom stereocenters. The summed E-state index contributed by atoms with van der Waals surface area (Å²) in [6, 6.07) is 5.99. The lowest BCUT2D eigenvalue weighted by molar-refractivity contribution is 0.893. The second kappa shape index (κ2) is 7.01. The lowest BCUT2D eigenvalue weighted by Gasteiger charge is -2.12. The Kier molecular flexibility index (Phi) is 5.08. The van der Waals surface area contributed by atoms with E-state index in [1.54, 1.807) is 6.33 Å². The van der Waals surface area contributed by atoms with Crippen LogP contribution >= 0.6 is 11.3 Å². The van der Waals surface area contributed by atoms with Gasteiger partial charge in [-0.25, -0.2) is 9.97 Å². The first-order valence-corrected chi connectivity index (χ1v) is 7.69. The third-order valence-corrected chi connectivity index (χ3v) is 3.93. The van der Waals surface area contributed by atoms with E-state index in [4.69, 9.17) is 5.26 Å². The van der Waals surface area contributed by atoms with Crippen LogP contribution < -0.4 is 5.32 Å². The van der Waals surface area contributed by atoms with Crippen LogP contribution in [0.4, 0.5) is 5.82 Å². The van der Waals surface area contributed by atoms with Crippen molar-refractivity contribution >= 4 is 17.2 Å². The molecule has 2 rings (SSSR count). The van der Waals surface area contributed by atoms with Gasteiger partial charge in [0.1, 0.15) is 23.1 Å². The topological polar surface area (TPSA) is 61.6 Å². The average Bonchev–Trinajstić information content (AvgIpc) is 2.95. The molecule has 0 aromatic carbocycles. The van der Waals surface area contributed by atoms with Gasteiger partial charge in [-0.2, -0.15) is 5.26 Å². The van der Waals surface area contributed by atoms with Gasteiger partial charge in [-0.15, -0.1) is 11.3 Å². The quantitative estimate of drug-likeness (QED) is 0.876. The molecule has 0 aliphatic carbocycles. The number of thiophene rings is 1. The summed E-state index contributed by atoms with van der Waals surface area (Å²) in [5.74, 6) is 0.922. The molecule has 0 spiro atoms. The first kappa shape index (κ1) is 14.5. The summed E-state index contributed by atoms with van der Waals surface area (Å²) < 4.78 is 0. The van der Waals surface area contributed by atoms with E-state index in [0.29, 0.717) is 4.88 Å². The molecule has 0 unspecified atom stereocenters. The van der Waals surface area contributed by atoms with Gasteiger partial charge < -0.3 is 5.32 Å². The SMILES string of the molecule is CCCNc1ncnc(-c2ccc(C#N)s2)c1CCC. The summed E-state index contributed by atoms with van der Waals surface area (Å²) >= 11 is 1.48. The zero-order valence-electron chi connectivity index (χ0n) is 11.8. The van der Waals surface area contributed by atoms with Crippen LogP contribution in [0.5, 0.6) is 0 Å². The summed E-state index contributed by atoms with van der Waals surface area (Å²) in [7, 11) is 0. The van der Waals surface area contributed by atoms with Gasteiger partial charge in [0.25, 0.3) is 0 Å². The van der Waals surface area contributed by atoms with Gasteiger partial charge in [-0.3, -0.25) is 0 Å². The number of hydrogen-bond donors (Lipinski definition) is 1. The lowest BCUT2D eigenvalue weighted by Crippen LogP contribution is -2.07. The van der Waals surface area contributed by atoms with Crippen molar-refractivity contribution in [1.82, 2.24) is 9.97 Å². The lowest BCUT2D eigenvalue weighted by atomic mass is 10.1. The van der Waals surface area contributed by atoms with E-state index in [0.717, 1.165) is 47.8 Å². The summed E-state index contributed by atoms with van der Waals surface area (Å²) in [5.41, 5.74) is 2.10. The third kappa shape index (κ3) is 3.14. The number of hydrogen-bond acceptors (Lipinski definition) is 5. The zero-order chi connectivity index (χ0) is 14.4. The predicted molar refractivity (Wildman–Crippen MR) is 82.8 cm³/mol. The predicted octanol–water partition coefficient (Wildman–Crippen LogP) is 3.85. The Morgan fingerprint density at radius 3 is 2.75 bits per heavy atom. The fourth-order valence-electron chi connectivity index (χ4n) is 2.03. The van der Waals surface area contributed by atoms with Gasteiger partial charge in [-0.05, 0) is 25.0 Å². The van der Waals surface area contributed by atoms with Crippen LogP contribution in [0.1, 0.15) is 37.1 Å². The standard InChI is InChI=1S/C15H18N4S/c1-3-5-12-14(13-7-6-11(9-16)20-13)18-10-19-15(12)17-8-4-2/h6-7,10H,3-5,8H2,1-2H3,(H,17,18,19). The number of aromatic nitrogens is 2. The van der Waals surface area contributed by atoms with Crippen LogP contribution in [0, 0.1) is 11.3 Å². The molecule has 2 aromatic heterocycles. The second-order valence-corrected chi connectivity index (χ2v) is 5.59. The smallest absolute Gasteiger partial charge is 0.133 e. The van der Waals surface area contributed by atoms with E-state index in [9.17, 15) is 0 Å². The van der Waals surface area contributed by atoms with Crippen LogP contribution in [0.2, 0.25) is 0 Å². The van der Waals surface area contributed by atoms with E-state index < -0.39 is 0 Å². The van der Waals surface area contributed by atoms with Gasteiger partial charge in [0.15, 0.2) is 0 Å². The number of anilines is 1. The summed E-state index contributed by atoms with van der Waals surface area (Å²) in [6.45, 7) is 5.18. The molecule has 0 saturated carbocycles. The third-order valence-electron chi connectivity index (χ3n) is 2.94. The largest absolute Gasteiger partial charge is 0.370 e. The normalized spacial score (nSPS) is 10.2. The molecule has 0 radical (unpaired) electrons.